The van der Waals surface area contributed by atoms with Gasteiger partial charge >= 0.3 is 0 Å². The molecule has 8 heteroatoms. The molecular formula is C22H25FN4O3. The van der Waals surface area contributed by atoms with Crippen LogP contribution >= 0.6 is 0 Å². The number of aromatic amines is 1. The first kappa shape index (κ1) is 20.3. The lowest BCUT2D eigenvalue weighted by Crippen LogP contribution is -2.41. The Hall–Kier alpha value is -3.00. The van der Waals surface area contributed by atoms with Crippen LogP contribution in [0.4, 0.5) is 4.39 Å². The molecule has 0 saturated heterocycles. The minimum absolute atomic E-state index is 0.0106. The van der Waals surface area contributed by atoms with E-state index in [0.717, 1.165) is 31.7 Å². The molecule has 0 bridgehead atoms. The van der Waals surface area contributed by atoms with Crippen molar-refractivity contribution in [3.05, 3.63) is 58.3 Å². The molecule has 4 rings (SSSR count). The Morgan fingerprint density at radius 3 is 2.63 bits per heavy atom. The lowest BCUT2D eigenvalue weighted by atomic mass is 9.77. The Bertz CT molecular complexity index is 1140. The van der Waals surface area contributed by atoms with Crippen LogP contribution in [0.1, 0.15) is 49.9 Å². The fourth-order valence-electron chi connectivity index (χ4n) is 4.18. The third-order valence-corrected chi connectivity index (χ3v) is 5.96. The monoisotopic (exact) mass is 412 g/mol. The molecule has 1 fully saturated rings. The Kier molecular flexibility index (Phi) is 5.19. The number of nitrogens with one attached hydrogen (secondary N) is 2. The molecule has 0 atom stereocenters. The highest BCUT2D eigenvalue weighted by molar-refractivity contribution is 5.94. The summed E-state index contributed by atoms with van der Waals surface area (Å²) < 4.78 is 16.1. The number of aliphatic hydroxyl groups is 1. The maximum atomic E-state index is 14.8. The minimum Gasteiger partial charge on any atom is -0.390 e. The van der Waals surface area contributed by atoms with E-state index in [1.165, 1.54) is 10.9 Å². The Morgan fingerprint density at radius 1 is 1.27 bits per heavy atom. The van der Waals surface area contributed by atoms with Gasteiger partial charge < -0.3 is 10.4 Å². The number of halogens is 1. The van der Waals surface area contributed by atoms with Crippen LogP contribution in [0, 0.1) is 11.7 Å². The number of benzene rings is 1. The average Bonchev–Trinajstić information content (AvgIpc) is 3.04. The second-order valence-corrected chi connectivity index (χ2v) is 8.50. The SMILES string of the molecule is CC(C)(O)C1CCC(NC(=O)c2cnc(-n3[nH]c(=O)c4ccccc43)c(F)c2)CC1. The van der Waals surface area contributed by atoms with Gasteiger partial charge in [0.05, 0.1) is 22.1 Å². The standard InChI is InChI=1S/C22H25FN4O3/c1-22(2,30)14-7-9-15(10-8-14)25-20(28)13-11-17(23)19(24-12-13)27-18-6-4-3-5-16(18)21(29)26-27/h3-6,11-12,14-15,30H,7-10H2,1-2H3,(H,25,28)(H,26,29). The van der Waals surface area contributed by atoms with E-state index >= 15 is 0 Å². The van der Waals surface area contributed by atoms with Gasteiger partial charge in [-0.15, -0.1) is 0 Å². The van der Waals surface area contributed by atoms with Crippen molar-refractivity contribution >= 4 is 16.8 Å². The molecule has 0 spiro atoms. The van der Waals surface area contributed by atoms with Crippen LogP contribution in [0.25, 0.3) is 16.7 Å². The number of carbonyl (C=O) groups is 1. The second kappa shape index (κ2) is 7.68. The van der Waals surface area contributed by atoms with Crippen molar-refractivity contribution in [2.75, 3.05) is 0 Å². The number of nitrogens with zero attached hydrogens (tertiary/aromatic N) is 2. The van der Waals surface area contributed by atoms with Gasteiger partial charge in [-0.1, -0.05) is 12.1 Å². The molecule has 30 heavy (non-hydrogen) atoms. The fraction of sp³-hybridized carbons (Fsp3) is 0.409. The number of H-pyrrole nitrogens is 1. The van der Waals surface area contributed by atoms with Gasteiger partial charge in [-0.2, -0.15) is 0 Å². The van der Waals surface area contributed by atoms with Gasteiger partial charge in [0.1, 0.15) is 0 Å². The molecular weight excluding hydrogens is 387 g/mol. The quantitative estimate of drug-likeness (QED) is 0.613. The zero-order chi connectivity index (χ0) is 21.5. The molecule has 2 aromatic heterocycles. The van der Waals surface area contributed by atoms with E-state index in [-0.39, 0.29) is 34.8 Å². The number of pyridine rings is 1. The molecule has 2 heterocycles. The molecule has 3 aromatic rings. The summed E-state index contributed by atoms with van der Waals surface area (Å²) in [4.78, 5) is 28.7. The largest absolute Gasteiger partial charge is 0.390 e. The first-order chi connectivity index (χ1) is 14.2. The highest BCUT2D eigenvalue weighted by Crippen LogP contribution is 2.32. The van der Waals surface area contributed by atoms with Gasteiger partial charge in [0.15, 0.2) is 11.6 Å². The van der Waals surface area contributed by atoms with E-state index in [1.54, 1.807) is 24.3 Å². The van der Waals surface area contributed by atoms with Gasteiger partial charge in [0.25, 0.3) is 11.5 Å². The number of hydrogen-bond donors (Lipinski definition) is 3. The van der Waals surface area contributed by atoms with E-state index in [1.807, 2.05) is 13.8 Å². The molecule has 1 saturated carbocycles. The molecule has 158 valence electrons. The van der Waals surface area contributed by atoms with Crippen molar-refractivity contribution < 1.29 is 14.3 Å². The van der Waals surface area contributed by atoms with Crippen LogP contribution in [0.3, 0.4) is 0 Å². The molecule has 3 N–H and O–H groups in total. The van der Waals surface area contributed by atoms with Gasteiger partial charge in [-0.05, 0) is 63.6 Å². The average molecular weight is 412 g/mol. The Labute approximate surface area is 172 Å². The first-order valence-corrected chi connectivity index (χ1v) is 10.1. The lowest BCUT2D eigenvalue weighted by Gasteiger charge is -2.36. The van der Waals surface area contributed by atoms with Crippen molar-refractivity contribution in [2.24, 2.45) is 5.92 Å². The van der Waals surface area contributed by atoms with Gasteiger partial charge in [-0.25, -0.2) is 14.1 Å². The molecule has 1 amide bonds. The van der Waals surface area contributed by atoms with E-state index in [0.29, 0.717) is 10.9 Å². The fourth-order valence-corrected chi connectivity index (χ4v) is 4.18. The number of aromatic nitrogens is 3. The number of carbonyl (C=O) groups excluding carboxylic acids is 1. The smallest absolute Gasteiger partial charge is 0.272 e. The van der Waals surface area contributed by atoms with Gasteiger partial charge in [0, 0.05) is 12.2 Å². The van der Waals surface area contributed by atoms with Crippen LogP contribution in [0.15, 0.2) is 41.3 Å². The van der Waals surface area contributed by atoms with Crippen molar-refractivity contribution in [1.29, 1.82) is 0 Å². The van der Waals surface area contributed by atoms with Crippen LogP contribution in [-0.2, 0) is 0 Å². The highest BCUT2D eigenvalue weighted by atomic mass is 19.1. The predicted molar refractivity (Wildman–Crippen MR) is 111 cm³/mol. The van der Waals surface area contributed by atoms with E-state index < -0.39 is 11.4 Å². The third kappa shape index (κ3) is 3.87. The summed E-state index contributed by atoms with van der Waals surface area (Å²) in [7, 11) is 0. The van der Waals surface area contributed by atoms with Crippen molar-refractivity contribution in [2.45, 2.75) is 51.2 Å². The van der Waals surface area contributed by atoms with E-state index in [2.05, 4.69) is 15.4 Å². The summed E-state index contributed by atoms with van der Waals surface area (Å²) in [6.07, 6.45) is 4.50. The topological polar surface area (TPSA) is 100 Å². The summed E-state index contributed by atoms with van der Waals surface area (Å²) in [5.74, 6) is -0.950. The highest BCUT2D eigenvalue weighted by Gasteiger charge is 2.32. The summed E-state index contributed by atoms with van der Waals surface area (Å²) in [6, 6.07) is 7.94. The molecule has 0 radical (unpaired) electrons. The molecule has 1 aliphatic rings. The van der Waals surface area contributed by atoms with Gasteiger partial charge in [0.2, 0.25) is 0 Å². The maximum absolute atomic E-state index is 14.8. The number of hydrogen-bond acceptors (Lipinski definition) is 4. The normalized spacial score (nSPS) is 19.7. The Balaban J connectivity index is 1.50. The van der Waals surface area contributed by atoms with Crippen LogP contribution in [-0.4, -0.2) is 37.4 Å². The molecule has 1 aliphatic carbocycles. The van der Waals surface area contributed by atoms with E-state index in [9.17, 15) is 19.1 Å². The van der Waals surface area contributed by atoms with Crippen molar-refractivity contribution in [3.8, 4) is 5.82 Å². The molecule has 7 nitrogen and oxygen atoms in total. The van der Waals surface area contributed by atoms with Crippen molar-refractivity contribution in [1.82, 2.24) is 20.1 Å². The first-order valence-electron chi connectivity index (χ1n) is 10.1. The third-order valence-electron chi connectivity index (χ3n) is 5.96. The maximum Gasteiger partial charge on any atom is 0.272 e. The van der Waals surface area contributed by atoms with Gasteiger partial charge in [-0.3, -0.25) is 14.7 Å². The molecule has 1 aromatic carbocycles. The van der Waals surface area contributed by atoms with E-state index in [4.69, 9.17) is 0 Å². The van der Waals surface area contributed by atoms with Crippen molar-refractivity contribution in [3.63, 3.8) is 0 Å². The number of amides is 1. The zero-order valence-electron chi connectivity index (χ0n) is 17.0. The summed E-state index contributed by atoms with van der Waals surface area (Å²) >= 11 is 0. The molecule has 0 unspecified atom stereocenters. The summed E-state index contributed by atoms with van der Waals surface area (Å²) in [5, 5.41) is 16.1. The lowest BCUT2D eigenvalue weighted by molar-refractivity contribution is -0.00257. The molecule has 0 aliphatic heterocycles. The Morgan fingerprint density at radius 2 is 1.97 bits per heavy atom. The minimum atomic E-state index is -0.721. The van der Waals surface area contributed by atoms with Crippen LogP contribution in [0.5, 0.6) is 0 Å². The van der Waals surface area contributed by atoms with Crippen LogP contribution in [0.2, 0.25) is 0 Å². The second-order valence-electron chi connectivity index (χ2n) is 8.50. The number of para-hydroxylation sites is 1. The predicted octanol–water partition coefficient (Wildman–Crippen LogP) is 2.91. The van der Waals surface area contributed by atoms with Crippen LogP contribution < -0.4 is 10.9 Å². The summed E-state index contributed by atoms with van der Waals surface area (Å²) in [6.45, 7) is 3.63. The number of rotatable bonds is 4. The number of fused-ring (bicyclic) bond motifs is 1. The zero-order valence-corrected chi connectivity index (χ0v) is 17.0. The summed E-state index contributed by atoms with van der Waals surface area (Å²) in [5.41, 5.74) is -0.425.